The highest BCUT2D eigenvalue weighted by Gasteiger charge is 2.37. The molecule has 4 heterocycles. The highest BCUT2D eigenvalue weighted by atomic mass is 32.2. The summed E-state index contributed by atoms with van der Waals surface area (Å²) in [4.78, 5) is 13.5. The molecule has 4 atom stereocenters. The van der Waals surface area contributed by atoms with E-state index in [0.717, 1.165) is 54.7 Å². The number of rotatable bonds is 5. The van der Waals surface area contributed by atoms with Crippen LogP contribution in [-0.2, 0) is 11.2 Å². The Morgan fingerprint density at radius 1 is 1.16 bits per heavy atom. The Kier molecular flexibility index (Phi) is 7.05. The van der Waals surface area contributed by atoms with E-state index in [-0.39, 0.29) is 24.0 Å². The molecule has 0 bridgehead atoms. The molecular weight excluding hydrogens is 505 g/mol. The molecule has 2 aromatic carbocycles. The van der Waals surface area contributed by atoms with Crippen molar-refractivity contribution in [1.82, 2.24) is 9.78 Å². The predicted octanol–water partition coefficient (Wildman–Crippen LogP) is 6.92. The Bertz CT molecular complexity index is 1310. The molecule has 3 unspecified atom stereocenters. The Labute approximate surface area is 225 Å². The van der Waals surface area contributed by atoms with Crippen molar-refractivity contribution in [2.45, 2.75) is 68.9 Å². The molecule has 3 aliphatic rings. The molecule has 2 saturated heterocycles. The smallest absolute Gasteiger partial charge is 0.412 e. The maximum atomic E-state index is 13.6. The fourth-order valence-electron chi connectivity index (χ4n) is 6.01. The largest absolute Gasteiger partial charge is 0.465 e. The minimum Gasteiger partial charge on any atom is -0.465 e. The number of nitrogens with zero attached hydrogens (tertiary/aromatic N) is 3. The molecule has 1 N–H and O–H groups in total. The fourth-order valence-corrected chi connectivity index (χ4v) is 7.52. The van der Waals surface area contributed by atoms with Gasteiger partial charge in [0.2, 0.25) is 0 Å². The first-order chi connectivity index (χ1) is 18.5. The monoisotopic (exact) mass is 537 g/mol. The van der Waals surface area contributed by atoms with Gasteiger partial charge >= 0.3 is 6.09 Å². The summed E-state index contributed by atoms with van der Waals surface area (Å²) in [6.07, 6.45) is 9.02. The van der Waals surface area contributed by atoms with Crippen LogP contribution in [0.4, 0.5) is 14.9 Å². The van der Waals surface area contributed by atoms with Crippen molar-refractivity contribution in [2.75, 3.05) is 17.3 Å². The van der Waals surface area contributed by atoms with Gasteiger partial charge in [0.25, 0.3) is 0 Å². The van der Waals surface area contributed by atoms with Crippen LogP contribution in [0.25, 0.3) is 11.1 Å². The van der Waals surface area contributed by atoms with Crippen LogP contribution in [0.3, 0.4) is 0 Å². The third kappa shape index (κ3) is 4.78. The first-order valence-corrected chi connectivity index (χ1v) is 14.4. The molecule has 2 fully saturated rings. The lowest BCUT2D eigenvalue weighted by Crippen LogP contribution is -2.41. The number of carboxylic acid groups (broad SMARTS) is 1. The van der Waals surface area contributed by atoms with Crippen molar-refractivity contribution < 1.29 is 23.8 Å². The lowest BCUT2D eigenvalue weighted by Gasteiger charge is -2.35. The molecule has 1 aromatic heterocycles. The number of hydrogen-bond donors (Lipinski definition) is 1. The highest BCUT2D eigenvalue weighted by molar-refractivity contribution is 8.00. The molecule has 0 saturated carbocycles. The number of fused-ring (bicyclic) bond motifs is 1. The van der Waals surface area contributed by atoms with E-state index in [4.69, 9.17) is 14.6 Å². The number of halogens is 1. The van der Waals surface area contributed by atoms with Gasteiger partial charge in [0.15, 0.2) is 0 Å². The van der Waals surface area contributed by atoms with Gasteiger partial charge < -0.3 is 14.6 Å². The molecule has 1 amide bonds. The third-order valence-corrected chi connectivity index (χ3v) is 9.43. The second-order valence-corrected chi connectivity index (χ2v) is 11.6. The van der Waals surface area contributed by atoms with E-state index in [1.807, 2.05) is 37.0 Å². The van der Waals surface area contributed by atoms with Crippen LogP contribution in [0.2, 0.25) is 0 Å². The van der Waals surface area contributed by atoms with Gasteiger partial charge in [0, 0.05) is 35.5 Å². The van der Waals surface area contributed by atoms with E-state index in [1.54, 1.807) is 12.1 Å². The molecule has 0 aliphatic carbocycles. The normalized spacial score (nSPS) is 25.3. The number of carbonyl (C=O) groups is 1. The van der Waals surface area contributed by atoms with Crippen molar-refractivity contribution in [3.8, 4) is 22.6 Å². The fraction of sp³-hybridized carbons (Fsp3) is 0.448. The molecule has 38 heavy (non-hydrogen) atoms. The molecule has 200 valence electrons. The molecule has 0 radical (unpaired) electrons. The van der Waals surface area contributed by atoms with E-state index in [0.29, 0.717) is 35.3 Å². The van der Waals surface area contributed by atoms with Gasteiger partial charge in [0.1, 0.15) is 17.3 Å². The SMILES string of the molecule is C[C@H]1CCc2c(ccc(-c3cnn(C4CCCSC4C4CCCO4)c3)c2Oc2ccc(F)cc2)N1C(=O)O. The van der Waals surface area contributed by atoms with Crippen molar-refractivity contribution in [2.24, 2.45) is 0 Å². The lowest BCUT2D eigenvalue weighted by atomic mass is 9.92. The van der Waals surface area contributed by atoms with Gasteiger partial charge in [0.05, 0.1) is 29.3 Å². The van der Waals surface area contributed by atoms with Gasteiger partial charge in [-0.05, 0) is 87.6 Å². The van der Waals surface area contributed by atoms with Crippen molar-refractivity contribution >= 4 is 23.5 Å². The Morgan fingerprint density at radius 3 is 2.76 bits per heavy atom. The predicted molar refractivity (Wildman–Crippen MR) is 146 cm³/mol. The topological polar surface area (TPSA) is 76.8 Å². The van der Waals surface area contributed by atoms with E-state index >= 15 is 0 Å². The molecule has 3 aromatic rings. The van der Waals surface area contributed by atoms with Gasteiger partial charge in [-0.3, -0.25) is 9.58 Å². The summed E-state index contributed by atoms with van der Waals surface area (Å²) in [5.41, 5.74) is 3.22. The van der Waals surface area contributed by atoms with Gasteiger partial charge in [-0.25, -0.2) is 9.18 Å². The molecular formula is C29H32FN3O4S. The Morgan fingerprint density at radius 2 is 2.00 bits per heavy atom. The molecule has 3 aliphatic heterocycles. The van der Waals surface area contributed by atoms with Gasteiger partial charge in [-0.1, -0.05) is 0 Å². The van der Waals surface area contributed by atoms with Gasteiger partial charge in [-0.2, -0.15) is 16.9 Å². The van der Waals surface area contributed by atoms with Crippen LogP contribution >= 0.6 is 11.8 Å². The minimum atomic E-state index is -0.985. The van der Waals surface area contributed by atoms with Crippen molar-refractivity contribution in [3.05, 3.63) is 60.2 Å². The van der Waals surface area contributed by atoms with E-state index < -0.39 is 6.09 Å². The summed E-state index contributed by atoms with van der Waals surface area (Å²) in [6.45, 7) is 2.76. The van der Waals surface area contributed by atoms with Crippen LogP contribution in [0.15, 0.2) is 48.8 Å². The maximum absolute atomic E-state index is 13.6. The highest BCUT2D eigenvalue weighted by Crippen LogP contribution is 2.46. The minimum absolute atomic E-state index is 0.134. The number of hydrogen-bond acceptors (Lipinski definition) is 5. The summed E-state index contributed by atoms with van der Waals surface area (Å²) < 4.78 is 28.1. The van der Waals surface area contributed by atoms with Crippen molar-refractivity contribution in [1.29, 1.82) is 0 Å². The van der Waals surface area contributed by atoms with Crippen LogP contribution < -0.4 is 9.64 Å². The molecule has 6 rings (SSSR count). The van der Waals surface area contributed by atoms with E-state index in [2.05, 4.69) is 10.9 Å². The van der Waals surface area contributed by atoms with Crippen LogP contribution in [0, 0.1) is 5.82 Å². The van der Waals surface area contributed by atoms with Crippen LogP contribution in [0.5, 0.6) is 11.5 Å². The number of thioether (sulfide) groups is 1. The van der Waals surface area contributed by atoms with Crippen LogP contribution in [-0.4, -0.2) is 50.7 Å². The van der Waals surface area contributed by atoms with Crippen LogP contribution in [0.1, 0.15) is 50.6 Å². The van der Waals surface area contributed by atoms with Gasteiger partial charge in [-0.15, -0.1) is 0 Å². The summed E-state index contributed by atoms with van der Waals surface area (Å²) in [5.74, 6) is 1.90. The number of benzene rings is 2. The Balaban J connectivity index is 1.40. The third-order valence-electron chi connectivity index (χ3n) is 7.91. The van der Waals surface area contributed by atoms with E-state index in [9.17, 15) is 14.3 Å². The number of ether oxygens (including phenoxy) is 2. The number of aromatic nitrogens is 2. The lowest BCUT2D eigenvalue weighted by molar-refractivity contribution is 0.0920. The first-order valence-electron chi connectivity index (χ1n) is 13.4. The second-order valence-electron chi connectivity index (χ2n) is 10.3. The quantitative estimate of drug-likeness (QED) is 0.381. The zero-order valence-electron chi connectivity index (χ0n) is 21.4. The summed E-state index contributed by atoms with van der Waals surface area (Å²) >= 11 is 1.99. The number of anilines is 1. The average molecular weight is 538 g/mol. The van der Waals surface area contributed by atoms with E-state index in [1.165, 1.54) is 17.0 Å². The summed E-state index contributed by atoms with van der Waals surface area (Å²) in [6, 6.07) is 9.82. The zero-order chi connectivity index (χ0) is 26.2. The Hall–Kier alpha value is -3.04. The average Bonchev–Trinajstić information content (AvgIpc) is 3.63. The second kappa shape index (κ2) is 10.6. The van der Waals surface area contributed by atoms with Crippen molar-refractivity contribution in [3.63, 3.8) is 0 Å². The zero-order valence-corrected chi connectivity index (χ0v) is 22.2. The standard InChI is InChI=1S/C29H32FN3O4S/c1-18-6-11-23-24(33(18)29(34)35)13-12-22(27(23)37-21-9-7-20(30)8-10-21)19-16-31-32(17-19)25-4-3-15-38-28(25)26-5-2-14-36-26/h7-10,12-13,16-18,25-26,28H,2-6,11,14-15H2,1H3,(H,34,35)/t18-,25?,26?,28?/m0/s1. The molecule has 9 heteroatoms. The number of amides is 1. The summed E-state index contributed by atoms with van der Waals surface area (Å²) in [5, 5.41) is 15.1. The molecule has 7 nitrogen and oxygen atoms in total. The summed E-state index contributed by atoms with van der Waals surface area (Å²) in [7, 11) is 0. The first kappa shape index (κ1) is 25.2. The maximum Gasteiger partial charge on any atom is 0.412 e. The molecule has 0 spiro atoms.